The summed E-state index contributed by atoms with van der Waals surface area (Å²) < 4.78 is 27.3. The van der Waals surface area contributed by atoms with Crippen LogP contribution < -0.4 is 14.2 Å². The van der Waals surface area contributed by atoms with Gasteiger partial charge in [-0.1, -0.05) is 51.3 Å². The number of carbonyl (C=O) groups is 2. The van der Waals surface area contributed by atoms with Crippen molar-refractivity contribution >= 4 is 11.9 Å². The zero-order valence-corrected chi connectivity index (χ0v) is 25.4. The van der Waals surface area contributed by atoms with Crippen molar-refractivity contribution in [1.82, 2.24) is 0 Å². The van der Waals surface area contributed by atoms with Crippen LogP contribution in [0.1, 0.15) is 40.5 Å². The molecule has 0 spiro atoms. The Bertz CT molecular complexity index is 1310. The second-order valence-corrected chi connectivity index (χ2v) is 9.28. The van der Waals surface area contributed by atoms with Gasteiger partial charge in [-0.05, 0) is 78.6 Å². The second kappa shape index (κ2) is 18.1. The summed E-state index contributed by atoms with van der Waals surface area (Å²) in [6.45, 7) is 16.4. The summed E-state index contributed by atoms with van der Waals surface area (Å²) in [4.78, 5) is 23.7. The van der Waals surface area contributed by atoms with E-state index in [1.165, 1.54) is 0 Å². The Labute approximate surface area is 249 Å². The Morgan fingerprint density at radius 3 is 1.48 bits per heavy atom. The van der Waals surface area contributed by atoms with Gasteiger partial charge in [0.2, 0.25) is 0 Å². The molecule has 224 valence electrons. The normalized spacial score (nSPS) is 10.1. The van der Waals surface area contributed by atoms with E-state index in [1.54, 1.807) is 21.0 Å². The van der Waals surface area contributed by atoms with Crippen molar-refractivity contribution in [2.75, 3.05) is 33.5 Å². The van der Waals surface area contributed by atoms with Crippen LogP contribution in [-0.4, -0.2) is 45.5 Å². The molecule has 7 heteroatoms. The molecule has 3 rings (SSSR count). The summed E-state index contributed by atoms with van der Waals surface area (Å²) >= 11 is 0. The second-order valence-electron chi connectivity index (χ2n) is 9.28. The fourth-order valence-electron chi connectivity index (χ4n) is 3.60. The van der Waals surface area contributed by atoms with E-state index in [0.717, 1.165) is 34.4 Å². The van der Waals surface area contributed by atoms with Gasteiger partial charge in [-0.15, -0.1) is 0 Å². The maximum atomic E-state index is 12.3. The molecular formula is C35H42O7. The fraction of sp³-hybridized carbons (Fsp3) is 0.314. The van der Waals surface area contributed by atoms with Gasteiger partial charge in [0.15, 0.2) is 0 Å². The van der Waals surface area contributed by atoms with Crippen molar-refractivity contribution in [1.29, 1.82) is 0 Å². The number of hydrogen-bond donors (Lipinski definition) is 0. The van der Waals surface area contributed by atoms with Gasteiger partial charge in [0.25, 0.3) is 0 Å². The lowest BCUT2D eigenvalue weighted by Gasteiger charge is -2.13. The topological polar surface area (TPSA) is 80.3 Å². The number of carbonyl (C=O) groups excluding carboxylic acids is 2. The SMILES string of the molecule is C=C(C)C(=O)OCCCOc1ccc(-c2cc(OC(=O)C(=C)C)cc(-c3ccc(OCCCOC)cc3)c2)cc1.CC. The monoisotopic (exact) mass is 574 g/mol. The molecule has 0 N–H and O–H groups in total. The summed E-state index contributed by atoms with van der Waals surface area (Å²) in [6.07, 6.45) is 1.38. The Kier molecular flexibility index (Phi) is 14.6. The molecule has 0 amide bonds. The highest BCUT2D eigenvalue weighted by molar-refractivity contribution is 5.89. The van der Waals surface area contributed by atoms with Crippen LogP contribution in [0.3, 0.4) is 0 Å². The molecule has 0 bridgehead atoms. The zero-order chi connectivity index (χ0) is 30.9. The average molecular weight is 575 g/mol. The molecule has 3 aromatic rings. The molecule has 0 saturated heterocycles. The first-order valence-corrected chi connectivity index (χ1v) is 14.1. The van der Waals surface area contributed by atoms with Gasteiger partial charge in [0, 0.05) is 37.7 Å². The smallest absolute Gasteiger partial charge is 0.338 e. The van der Waals surface area contributed by atoms with E-state index in [-0.39, 0.29) is 6.61 Å². The van der Waals surface area contributed by atoms with E-state index in [9.17, 15) is 9.59 Å². The molecule has 0 heterocycles. The van der Waals surface area contributed by atoms with Crippen LogP contribution in [0.25, 0.3) is 22.3 Å². The molecule has 0 aromatic heterocycles. The number of esters is 2. The molecule has 42 heavy (non-hydrogen) atoms. The third-order valence-electron chi connectivity index (χ3n) is 5.74. The van der Waals surface area contributed by atoms with Crippen molar-refractivity contribution < 1.29 is 33.3 Å². The predicted octanol–water partition coefficient (Wildman–Crippen LogP) is 7.83. The molecule has 7 nitrogen and oxygen atoms in total. The molecule has 0 aliphatic carbocycles. The van der Waals surface area contributed by atoms with Gasteiger partial charge in [-0.25, -0.2) is 9.59 Å². The number of benzene rings is 3. The number of methoxy groups -OCH3 is 1. The van der Waals surface area contributed by atoms with Gasteiger partial charge >= 0.3 is 11.9 Å². The Hall–Kier alpha value is -4.36. The predicted molar refractivity (Wildman–Crippen MR) is 167 cm³/mol. The van der Waals surface area contributed by atoms with Gasteiger partial charge < -0.3 is 23.7 Å². The largest absolute Gasteiger partial charge is 0.494 e. The Morgan fingerprint density at radius 2 is 1.05 bits per heavy atom. The quantitative estimate of drug-likeness (QED) is 0.0792. The van der Waals surface area contributed by atoms with Gasteiger partial charge in [0.1, 0.15) is 17.2 Å². The molecular weight excluding hydrogens is 532 g/mol. The number of rotatable bonds is 15. The lowest BCUT2D eigenvalue weighted by Crippen LogP contribution is -2.09. The van der Waals surface area contributed by atoms with Crippen molar-refractivity contribution in [3.63, 3.8) is 0 Å². The Balaban J connectivity index is 0.00000301. The molecule has 3 aromatic carbocycles. The van der Waals surface area contributed by atoms with Crippen LogP contribution in [0.15, 0.2) is 91.0 Å². The number of ether oxygens (including phenoxy) is 5. The number of hydrogen-bond acceptors (Lipinski definition) is 7. The van der Waals surface area contributed by atoms with Gasteiger partial charge in [0.05, 0.1) is 19.8 Å². The van der Waals surface area contributed by atoms with Crippen molar-refractivity contribution in [2.24, 2.45) is 0 Å². The average Bonchev–Trinajstić information content (AvgIpc) is 3.00. The van der Waals surface area contributed by atoms with Crippen LogP contribution in [-0.2, 0) is 19.1 Å². The highest BCUT2D eigenvalue weighted by Crippen LogP contribution is 2.33. The van der Waals surface area contributed by atoms with E-state index < -0.39 is 11.9 Å². The van der Waals surface area contributed by atoms with E-state index in [1.807, 2.05) is 80.6 Å². The molecule has 0 unspecified atom stereocenters. The first-order valence-electron chi connectivity index (χ1n) is 14.1. The van der Waals surface area contributed by atoms with Crippen molar-refractivity contribution in [3.8, 4) is 39.5 Å². The van der Waals surface area contributed by atoms with Crippen LogP contribution >= 0.6 is 0 Å². The summed E-state index contributed by atoms with van der Waals surface area (Å²) in [5.41, 5.74) is 4.33. The summed E-state index contributed by atoms with van der Waals surface area (Å²) in [5, 5.41) is 0. The maximum absolute atomic E-state index is 12.3. The first-order chi connectivity index (χ1) is 20.3. The molecule has 0 fully saturated rings. The summed E-state index contributed by atoms with van der Waals surface area (Å²) in [5.74, 6) is 1.00. The van der Waals surface area contributed by atoms with Crippen LogP contribution in [0, 0.1) is 0 Å². The van der Waals surface area contributed by atoms with Crippen LogP contribution in [0.4, 0.5) is 0 Å². The molecule has 0 saturated carbocycles. The van der Waals surface area contributed by atoms with E-state index in [4.69, 9.17) is 23.7 Å². The van der Waals surface area contributed by atoms with E-state index in [0.29, 0.717) is 48.9 Å². The minimum atomic E-state index is -0.486. The maximum Gasteiger partial charge on any atom is 0.338 e. The van der Waals surface area contributed by atoms with Crippen LogP contribution in [0.2, 0.25) is 0 Å². The highest BCUT2D eigenvalue weighted by Gasteiger charge is 2.11. The molecule has 0 radical (unpaired) electrons. The lowest BCUT2D eigenvalue weighted by molar-refractivity contribution is -0.139. The lowest BCUT2D eigenvalue weighted by atomic mass is 9.98. The van der Waals surface area contributed by atoms with Crippen molar-refractivity contribution in [3.05, 3.63) is 91.0 Å². The Morgan fingerprint density at radius 1 is 0.595 bits per heavy atom. The minimum Gasteiger partial charge on any atom is -0.494 e. The summed E-state index contributed by atoms with van der Waals surface area (Å²) in [6, 6.07) is 21.1. The molecule has 0 aliphatic rings. The first kappa shape index (κ1) is 33.8. The van der Waals surface area contributed by atoms with E-state index in [2.05, 4.69) is 13.2 Å². The van der Waals surface area contributed by atoms with E-state index >= 15 is 0 Å². The fourth-order valence-corrected chi connectivity index (χ4v) is 3.60. The van der Waals surface area contributed by atoms with Gasteiger partial charge in [-0.2, -0.15) is 0 Å². The zero-order valence-electron chi connectivity index (χ0n) is 25.4. The highest BCUT2D eigenvalue weighted by atomic mass is 16.5. The standard InChI is InChI=1S/C33H36O7.C2H6/c1-23(2)32(34)39-19-7-18-38-30-14-10-26(11-15-30)28-20-27(21-31(22-28)40-33(35)24(3)4)25-8-12-29(13-9-25)37-17-6-16-36-5;1-2/h8-15,20-22H,1,3,6-7,16-19H2,2,4-5H3;1-2H3. The molecule has 0 atom stereocenters. The van der Waals surface area contributed by atoms with Crippen molar-refractivity contribution in [2.45, 2.75) is 40.5 Å². The third kappa shape index (κ3) is 11.3. The summed E-state index contributed by atoms with van der Waals surface area (Å²) in [7, 11) is 1.67. The minimum absolute atomic E-state index is 0.267. The van der Waals surface area contributed by atoms with Gasteiger partial charge in [-0.3, -0.25) is 0 Å². The molecule has 0 aliphatic heterocycles. The third-order valence-corrected chi connectivity index (χ3v) is 5.74. The van der Waals surface area contributed by atoms with Crippen LogP contribution in [0.5, 0.6) is 17.2 Å².